The average molecular weight is 291 g/mol. The molecular formula is C17H29N3O. The molecular weight excluding hydrogens is 262 g/mol. The van der Waals surface area contributed by atoms with E-state index in [9.17, 15) is 0 Å². The summed E-state index contributed by atoms with van der Waals surface area (Å²) >= 11 is 0. The second kappa shape index (κ2) is 6.09. The Morgan fingerprint density at radius 3 is 2.81 bits per heavy atom. The minimum Gasteiger partial charge on any atom is -0.378 e. The van der Waals surface area contributed by atoms with Crippen molar-refractivity contribution in [3.05, 3.63) is 17.5 Å². The van der Waals surface area contributed by atoms with Gasteiger partial charge in [-0.15, -0.1) is 0 Å². The van der Waals surface area contributed by atoms with Crippen LogP contribution < -0.4 is 5.32 Å². The van der Waals surface area contributed by atoms with Gasteiger partial charge in [-0.2, -0.15) is 5.10 Å². The molecule has 1 saturated carbocycles. The minimum absolute atomic E-state index is 0.237. The Morgan fingerprint density at radius 2 is 2.24 bits per heavy atom. The molecule has 4 nitrogen and oxygen atoms in total. The Balaban J connectivity index is 1.78. The third-order valence-electron chi connectivity index (χ3n) is 5.26. The van der Waals surface area contributed by atoms with Crippen molar-refractivity contribution in [3.63, 3.8) is 0 Å². The lowest BCUT2D eigenvalue weighted by Crippen LogP contribution is -2.42. The van der Waals surface area contributed by atoms with E-state index >= 15 is 0 Å². The maximum Gasteiger partial charge on any atom is 0.0624 e. The lowest BCUT2D eigenvalue weighted by molar-refractivity contribution is 0.0618. The molecule has 1 aromatic rings. The van der Waals surface area contributed by atoms with E-state index in [4.69, 9.17) is 9.84 Å². The van der Waals surface area contributed by atoms with E-state index in [1.165, 1.54) is 24.2 Å². The van der Waals surface area contributed by atoms with E-state index in [1.54, 1.807) is 0 Å². The van der Waals surface area contributed by atoms with Gasteiger partial charge in [-0.1, -0.05) is 6.92 Å². The molecule has 118 valence electrons. The number of hydrogen-bond donors (Lipinski definition) is 1. The van der Waals surface area contributed by atoms with Crippen LogP contribution in [-0.4, -0.2) is 35.1 Å². The SMILES string of the molecule is CCc1cc(CC2(CNC3CC3)CCOC2C)n(CC)n1. The summed E-state index contributed by atoms with van der Waals surface area (Å²) in [6, 6.07) is 3.06. The highest BCUT2D eigenvalue weighted by Gasteiger charge is 2.43. The molecule has 1 aliphatic carbocycles. The monoisotopic (exact) mass is 291 g/mol. The zero-order valence-electron chi connectivity index (χ0n) is 13.7. The molecule has 1 aromatic heterocycles. The summed E-state index contributed by atoms with van der Waals surface area (Å²) in [6.07, 6.45) is 6.27. The van der Waals surface area contributed by atoms with Gasteiger partial charge in [0.2, 0.25) is 0 Å². The number of nitrogens with zero attached hydrogens (tertiary/aromatic N) is 2. The van der Waals surface area contributed by atoms with Crippen LogP contribution in [0.5, 0.6) is 0 Å². The second-order valence-corrected chi connectivity index (χ2v) is 6.75. The van der Waals surface area contributed by atoms with Crippen molar-refractivity contribution < 1.29 is 4.74 Å². The molecule has 1 aliphatic heterocycles. The number of nitrogens with one attached hydrogen (secondary N) is 1. The van der Waals surface area contributed by atoms with Gasteiger partial charge in [0.15, 0.2) is 0 Å². The van der Waals surface area contributed by atoms with Crippen molar-refractivity contribution in [1.29, 1.82) is 0 Å². The topological polar surface area (TPSA) is 39.1 Å². The van der Waals surface area contributed by atoms with Crippen molar-refractivity contribution in [2.24, 2.45) is 5.41 Å². The summed E-state index contributed by atoms with van der Waals surface area (Å²) in [5.41, 5.74) is 2.83. The molecule has 1 saturated heterocycles. The first-order chi connectivity index (χ1) is 10.2. The van der Waals surface area contributed by atoms with Gasteiger partial charge in [0, 0.05) is 36.8 Å². The van der Waals surface area contributed by atoms with Crippen LogP contribution in [0.15, 0.2) is 6.07 Å². The van der Waals surface area contributed by atoms with Crippen LogP contribution in [0.4, 0.5) is 0 Å². The van der Waals surface area contributed by atoms with E-state index < -0.39 is 0 Å². The fourth-order valence-electron chi connectivity index (χ4n) is 3.45. The Labute approximate surface area is 128 Å². The first-order valence-corrected chi connectivity index (χ1v) is 8.57. The summed E-state index contributed by atoms with van der Waals surface area (Å²) in [5.74, 6) is 0. The number of rotatable bonds is 7. The van der Waals surface area contributed by atoms with Gasteiger partial charge in [0.1, 0.15) is 0 Å². The molecule has 21 heavy (non-hydrogen) atoms. The van der Waals surface area contributed by atoms with Gasteiger partial charge >= 0.3 is 0 Å². The van der Waals surface area contributed by atoms with E-state index in [-0.39, 0.29) is 5.41 Å². The largest absolute Gasteiger partial charge is 0.378 e. The summed E-state index contributed by atoms with van der Waals surface area (Å²) in [5, 5.41) is 8.45. The molecule has 0 spiro atoms. The number of ether oxygens (including phenoxy) is 1. The fraction of sp³-hybridized carbons (Fsp3) is 0.824. The Hall–Kier alpha value is -0.870. The highest BCUT2D eigenvalue weighted by Crippen LogP contribution is 2.38. The highest BCUT2D eigenvalue weighted by molar-refractivity contribution is 5.14. The Morgan fingerprint density at radius 1 is 1.43 bits per heavy atom. The van der Waals surface area contributed by atoms with E-state index in [1.807, 2.05) is 0 Å². The van der Waals surface area contributed by atoms with Gasteiger partial charge in [0.05, 0.1) is 11.8 Å². The maximum atomic E-state index is 5.93. The standard InChI is InChI=1S/C17H29N3O/c1-4-14-10-16(20(5-2)19-14)11-17(8-9-21-13(17)3)12-18-15-6-7-15/h10,13,15,18H,4-9,11-12H2,1-3H3. The maximum absolute atomic E-state index is 5.93. The molecule has 0 bridgehead atoms. The number of hydrogen-bond acceptors (Lipinski definition) is 3. The normalized spacial score (nSPS) is 29.2. The van der Waals surface area contributed by atoms with E-state index in [0.29, 0.717) is 6.10 Å². The predicted octanol–water partition coefficient (Wildman–Crippen LogP) is 2.56. The summed E-state index contributed by atoms with van der Waals surface area (Å²) in [4.78, 5) is 0. The van der Waals surface area contributed by atoms with Gasteiger partial charge in [-0.3, -0.25) is 4.68 Å². The van der Waals surface area contributed by atoms with Crippen LogP contribution in [0.3, 0.4) is 0 Å². The van der Waals surface area contributed by atoms with Crippen LogP contribution >= 0.6 is 0 Å². The predicted molar refractivity (Wildman–Crippen MR) is 84.5 cm³/mol. The molecule has 2 fully saturated rings. The van der Waals surface area contributed by atoms with Crippen molar-refractivity contribution in [3.8, 4) is 0 Å². The quantitative estimate of drug-likeness (QED) is 0.839. The summed E-state index contributed by atoms with van der Waals surface area (Å²) in [6.45, 7) is 9.53. The van der Waals surface area contributed by atoms with Crippen molar-refractivity contribution in [2.75, 3.05) is 13.2 Å². The molecule has 4 heteroatoms. The lowest BCUT2D eigenvalue weighted by Gasteiger charge is -2.33. The molecule has 3 rings (SSSR count). The van der Waals surface area contributed by atoms with E-state index in [0.717, 1.165) is 45.0 Å². The van der Waals surface area contributed by atoms with Crippen LogP contribution in [-0.2, 0) is 24.1 Å². The van der Waals surface area contributed by atoms with Crippen molar-refractivity contribution in [2.45, 2.75) is 71.6 Å². The van der Waals surface area contributed by atoms with Crippen molar-refractivity contribution >= 4 is 0 Å². The first-order valence-electron chi connectivity index (χ1n) is 8.57. The van der Waals surface area contributed by atoms with Gasteiger partial charge in [-0.25, -0.2) is 0 Å². The van der Waals surface area contributed by atoms with E-state index in [2.05, 4.69) is 36.8 Å². The third kappa shape index (κ3) is 3.16. The molecule has 2 atom stereocenters. The third-order valence-corrected chi connectivity index (χ3v) is 5.26. The molecule has 2 unspecified atom stereocenters. The van der Waals surface area contributed by atoms with Gasteiger partial charge in [0.25, 0.3) is 0 Å². The van der Waals surface area contributed by atoms with Crippen LogP contribution in [0.2, 0.25) is 0 Å². The molecule has 1 N–H and O–H groups in total. The molecule has 0 radical (unpaired) electrons. The second-order valence-electron chi connectivity index (χ2n) is 6.75. The van der Waals surface area contributed by atoms with Gasteiger partial charge < -0.3 is 10.1 Å². The molecule has 2 heterocycles. The first kappa shape index (κ1) is 15.0. The highest BCUT2D eigenvalue weighted by atomic mass is 16.5. The Kier molecular flexibility index (Phi) is 4.36. The molecule has 0 aromatic carbocycles. The summed E-state index contributed by atoms with van der Waals surface area (Å²) < 4.78 is 8.11. The fourth-order valence-corrected chi connectivity index (χ4v) is 3.45. The molecule has 2 aliphatic rings. The summed E-state index contributed by atoms with van der Waals surface area (Å²) in [7, 11) is 0. The lowest BCUT2D eigenvalue weighted by atomic mass is 9.77. The number of aromatic nitrogens is 2. The molecule has 0 amide bonds. The van der Waals surface area contributed by atoms with Crippen LogP contribution in [0.1, 0.15) is 51.4 Å². The van der Waals surface area contributed by atoms with Crippen molar-refractivity contribution in [1.82, 2.24) is 15.1 Å². The number of aryl methyl sites for hydroxylation is 2. The van der Waals surface area contributed by atoms with Gasteiger partial charge in [-0.05, 0) is 52.0 Å². The zero-order valence-corrected chi connectivity index (χ0v) is 13.7. The van der Waals surface area contributed by atoms with Crippen LogP contribution in [0.25, 0.3) is 0 Å². The smallest absolute Gasteiger partial charge is 0.0624 e. The van der Waals surface area contributed by atoms with Crippen LogP contribution in [0, 0.1) is 5.41 Å². The average Bonchev–Trinajstić information content (AvgIpc) is 3.14. The minimum atomic E-state index is 0.237. The zero-order chi connectivity index (χ0) is 14.9. The Bertz CT molecular complexity index is 480.